The van der Waals surface area contributed by atoms with Crippen molar-refractivity contribution in [3.8, 4) is 0 Å². The van der Waals surface area contributed by atoms with E-state index >= 15 is 0 Å². The third-order valence-corrected chi connectivity index (χ3v) is 2.96. The quantitative estimate of drug-likeness (QED) is 0.782. The molecular weight excluding hydrogens is 186 g/mol. The molecule has 86 valence electrons. The van der Waals surface area contributed by atoms with Gasteiger partial charge in [-0.3, -0.25) is 0 Å². The number of aryl methyl sites for hydroxylation is 1. The normalized spacial score (nSPS) is 15.2. The van der Waals surface area contributed by atoms with E-state index in [1.165, 1.54) is 0 Å². The van der Waals surface area contributed by atoms with Crippen molar-refractivity contribution < 1.29 is 0 Å². The highest BCUT2D eigenvalue weighted by Gasteiger charge is 2.18. The van der Waals surface area contributed by atoms with Gasteiger partial charge in [-0.15, -0.1) is 0 Å². The number of hydrogen-bond acceptors (Lipinski definition) is 2. The van der Waals surface area contributed by atoms with Gasteiger partial charge in [0.2, 0.25) is 0 Å². The highest BCUT2D eigenvalue weighted by atomic mass is 15.1. The lowest BCUT2D eigenvalue weighted by Gasteiger charge is -2.25. The van der Waals surface area contributed by atoms with Crippen molar-refractivity contribution in [2.45, 2.75) is 58.5 Å². The second kappa shape index (κ2) is 5.91. The smallest absolute Gasteiger partial charge is 0.108 e. The van der Waals surface area contributed by atoms with Crippen LogP contribution in [0.5, 0.6) is 0 Å². The van der Waals surface area contributed by atoms with Crippen LogP contribution in [0.25, 0.3) is 0 Å². The molecule has 0 amide bonds. The van der Waals surface area contributed by atoms with E-state index < -0.39 is 0 Å². The Balaban J connectivity index is 2.81. The molecule has 0 radical (unpaired) electrons. The van der Waals surface area contributed by atoms with Crippen molar-refractivity contribution in [2.24, 2.45) is 5.73 Å². The SMILES string of the molecule is CCCC(N)C(CC)n1ccnc1CC. The van der Waals surface area contributed by atoms with Gasteiger partial charge in [-0.2, -0.15) is 0 Å². The summed E-state index contributed by atoms with van der Waals surface area (Å²) in [5.74, 6) is 1.15. The van der Waals surface area contributed by atoms with Crippen molar-refractivity contribution >= 4 is 0 Å². The van der Waals surface area contributed by atoms with Crippen LogP contribution in [0.2, 0.25) is 0 Å². The van der Waals surface area contributed by atoms with Crippen LogP contribution in [-0.4, -0.2) is 15.6 Å². The topological polar surface area (TPSA) is 43.8 Å². The van der Waals surface area contributed by atoms with E-state index in [4.69, 9.17) is 5.73 Å². The van der Waals surface area contributed by atoms with Gasteiger partial charge in [0.05, 0.1) is 0 Å². The average molecular weight is 209 g/mol. The summed E-state index contributed by atoms with van der Waals surface area (Å²) < 4.78 is 2.25. The fourth-order valence-electron chi connectivity index (χ4n) is 2.15. The molecule has 2 unspecified atom stereocenters. The summed E-state index contributed by atoms with van der Waals surface area (Å²) >= 11 is 0. The van der Waals surface area contributed by atoms with E-state index in [2.05, 4.69) is 36.5 Å². The molecule has 3 heteroatoms. The predicted octanol–water partition coefficient (Wildman–Crippen LogP) is 2.52. The molecular formula is C12H23N3. The number of hydrogen-bond donors (Lipinski definition) is 1. The van der Waals surface area contributed by atoms with Gasteiger partial charge in [-0.05, 0) is 12.8 Å². The molecule has 0 aliphatic carbocycles. The van der Waals surface area contributed by atoms with Crippen molar-refractivity contribution in [3.05, 3.63) is 18.2 Å². The zero-order valence-corrected chi connectivity index (χ0v) is 10.1. The largest absolute Gasteiger partial charge is 0.330 e. The minimum atomic E-state index is 0.250. The molecule has 0 saturated carbocycles. The number of imidazole rings is 1. The first-order valence-electron chi connectivity index (χ1n) is 6.01. The number of nitrogens with zero attached hydrogens (tertiary/aromatic N) is 2. The third-order valence-electron chi connectivity index (χ3n) is 2.96. The van der Waals surface area contributed by atoms with E-state index in [9.17, 15) is 0 Å². The van der Waals surface area contributed by atoms with Crippen LogP contribution in [0, 0.1) is 0 Å². The molecule has 0 fully saturated rings. The molecule has 15 heavy (non-hydrogen) atoms. The molecule has 2 atom stereocenters. The fourth-order valence-corrected chi connectivity index (χ4v) is 2.15. The van der Waals surface area contributed by atoms with Crippen molar-refractivity contribution in [1.82, 2.24) is 9.55 Å². The van der Waals surface area contributed by atoms with E-state index in [0.717, 1.165) is 31.5 Å². The summed E-state index contributed by atoms with van der Waals surface area (Å²) in [6, 6.07) is 0.655. The van der Waals surface area contributed by atoms with Crippen LogP contribution in [-0.2, 0) is 6.42 Å². The Labute approximate surface area is 92.7 Å². The van der Waals surface area contributed by atoms with Gasteiger partial charge < -0.3 is 10.3 Å². The van der Waals surface area contributed by atoms with Gasteiger partial charge in [0.1, 0.15) is 5.82 Å². The molecule has 2 N–H and O–H groups in total. The molecule has 1 rings (SSSR count). The Morgan fingerprint density at radius 2 is 2.13 bits per heavy atom. The maximum Gasteiger partial charge on any atom is 0.108 e. The molecule has 1 aromatic heterocycles. The van der Waals surface area contributed by atoms with E-state index in [1.54, 1.807) is 0 Å². The summed E-state index contributed by atoms with van der Waals surface area (Å²) in [6.07, 6.45) is 8.21. The minimum absolute atomic E-state index is 0.250. The lowest BCUT2D eigenvalue weighted by atomic mass is 10.0. The van der Waals surface area contributed by atoms with E-state index in [0.29, 0.717) is 6.04 Å². The minimum Gasteiger partial charge on any atom is -0.330 e. The van der Waals surface area contributed by atoms with Crippen LogP contribution >= 0.6 is 0 Å². The zero-order chi connectivity index (χ0) is 11.3. The molecule has 1 heterocycles. The summed E-state index contributed by atoms with van der Waals surface area (Å²) in [4.78, 5) is 4.35. The van der Waals surface area contributed by atoms with Gasteiger partial charge >= 0.3 is 0 Å². The summed E-state index contributed by atoms with van der Waals surface area (Å²) in [5.41, 5.74) is 6.21. The Kier molecular flexibility index (Phi) is 4.82. The Morgan fingerprint density at radius 3 is 2.67 bits per heavy atom. The van der Waals surface area contributed by atoms with Gasteiger partial charge in [0.15, 0.2) is 0 Å². The Bertz CT molecular complexity index is 280. The van der Waals surface area contributed by atoms with Crippen LogP contribution in [0.15, 0.2) is 12.4 Å². The third kappa shape index (κ3) is 2.81. The standard InChI is InChI=1S/C12H23N3/c1-4-7-10(13)11(5-2)15-9-8-14-12(15)6-3/h8-11H,4-7,13H2,1-3H3. The zero-order valence-electron chi connectivity index (χ0n) is 10.1. The molecule has 3 nitrogen and oxygen atoms in total. The number of rotatable bonds is 6. The second-order valence-electron chi connectivity index (χ2n) is 4.03. The highest BCUT2D eigenvalue weighted by molar-refractivity contribution is 4.97. The predicted molar refractivity (Wildman–Crippen MR) is 63.8 cm³/mol. The van der Waals surface area contributed by atoms with Crippen LogP contribution in [0.4, 0.5) is 0 Å². The van der Waals surface area contributed by atoms with Crippen LogP contribution in [0.3, 0.4) is 0 Å². The molecule has 0 bridgehead atoms. The van der Waals surface area contributed by atoms with E-state index in [1.807, 2.05) is 6.20 Å². The Hall–Kier alpha value is -0.830. The molecule has 0 saturated heterocycles. The molecule has 0 aliphatic rings. The van der Waals surface area contributed by atoms with Gasteiger partial charge in [-0.25, -0.2) is 4.98 Å². The lowest BCUT2D eigenvalue weighted by molar-refractivity contribution is 0.369. The monoisotopic (exact) mass is 209 g/mol. The lowest BCUT2D eigenvalue weighted by Crippen LogP contribution is -2.32. The number of nitrogens with two attached hydrogens (primary N) is 1. The first-order valence-corrected chi connectivity index (χ1v) is 6.01. The molecule has 0 aromatic carbocycles. The first-order chi connectivity index (χ1) is 7.24. The Morgan fingerprint density at radius 1 is 1.40 bits per heavy atom. The van der Waals surface area contributed by atoms with Gasteiger partial charge in [-0.1, -0.05) is 27.2 Å². The van der Waals surface area contributed by atoms with Gasteiger partial charge in [0, 0.05) is 30.9 Å². The number of aromatic nitrogens is 2. The summed E-state index contributed by atoms with van der Waals surface area (Å²) in [6.45, 7) is 6.51. The molecule has 0 spiro atoms. The fraction of sp³-hybridized carbons (Fsp3) is 0.750. The summed E-state index contributed by atoms with van der Waals surface area (Å²) in [5, 5.41) is 0. The first kappa shape index (κ1) is 12.2. The van der Waals surface area contributed by atoms with E-state index in [-0.39, 0.29) is 6.04 Å². The second-order valence-corrected chi connectivity index (χ2v) is 4.03. The van der Waals surface area contributed by atoms with Crippen LogP contribution < -0.4 is 5.73 Å². The van der Waals surface area contributed by atoms with Crippen molar-refractivity contribution in [2.75, 3.05) is 0 Å². The molecule has 0 aliphatic heterocycles. The van der Waals surface area contributed by atoms with Gasteiger partial charge in [0.25, 0.3) is 0 Å². The highest BCUT2D eigenvalue weighted by Crippen LogP contribution is 2.20. The van der Waals surface area contributed by atoms with Crippen molar-refractivity contribution in [3.63, 3.8) is 0 Å². The van der Waals surface area contributed by atoms with Crippen molar-refractivity contribution in [1.29, 1.82) is 0 Å². The maximum absolute atomic E-state index is 6.21. The maximum atomic E-state index is 6.21. The molecule has 1 aromatic rings. The summed E-state index contributed by atoms with van der Waals surface area (Å²) in [7, 11) is 0. The average Bonchev–Trinajstić information content (AvgIpc) is 2.67. The van der Waals surface area contributed by atoms with Crippen LogP contribution in [0.1, 0.15) is 51.9 Å².